The van der Waals surface area contributed by atoms with E-state index in [1.165, 1.54) is 6.07 Å². The molecule has 0 bridgehead atoms. The van der Waals surface area contributed by atoms with Gasteiger partial charge in [0.2, 0.25) is 0 Å². The average Bonchev–Trinajstić information content (AvgIpc) is 3.26. The number of hydrogen-bond donors (Lipinski definition) is 2. The van der Waals surface area contributed by atoms with Crippen LogP contribution in [0.3, 0.4) is 0 Å². The zero-order valence-electron chi connectivity index (χ0n) is 14.0. The highest BCUT2D eigenvalue weighted by atomic mass is 19.1. The van der Waals surface area contributed by atoms with Crippen LogP contribution in [-0.2, 0) is 6.54 Å². The van der Waals surface area contributed by atoms with Gasteiger partial charge in [0.25, 0.3) is 0 Å². The summed E-state index contributed by atoms with van der Waals surface area (Å²) in [4.78, 5) is 2.25. The molecular formula is C19H25FN2O2. The zero-order chi connectivity index (χ0) is 16.9. The van der Waals surface area contributed by atoms with E-state index in [-0.39, 0.29) is 11.9 Å². The molecule has 1 aliphatic heterocycles. The number of rotatable bonds is 7. The van der Waals surface area contributed by atoms with Crippen LogP contribution in [0.4, 0.5) is 10.1 Å². The molecule has 0 spiro atoms. The van der Waals surface area contributed by atoms with E-state index in [0.29, 0.717) is 24.3 Å². The van der Waals surface area contributed by atoms with Gasteiger partial charge in [0.1, 0.15) is 17.7 Å². The van der Waals surface area contributed by atoms with E-state index in [4.69, 9.17) is 4.42 Å². The first kappa shape index (κ1) is 17.0. The summed E-state index contributed by atoms with van der Waals surface area (Å²) < 4.78 is 19.5. The molecule has 0 amide bonds. The highest BCUT2D eigenvalue weighted by Crippen LogP contribution is 2.27. The molecule has 2 aromatic rings. The van der Waals surface area contributed by atoms with Crippen molar-refractivity contribution in [3.8, 4) is 0 Å². The summed E-state index contributed by atoms with van der Waals surface area (Å²) in [6.45, 7) is 4.42. The number of aliphatic hydroxyl groups is 1. The van der Waals surface area contributed by atoms with E-state index < -0.39 is 6.10 Å². The number of nitrogens with zero attached hydrogens (tertiary/aromatic N) is 1. The van der Waals surface area contributed by atoms with Gasteiger partial charge in [-0.25, -0.2) is 4.39 Å². The standard InChI is InChI=1S/C19H25FN2O2/c1-14(12-18(23)19-8-5-11-24-19)21-13-15-16(20)6-4-7-17(15)22-9-2-3-10-22/h4-8,11,14,18,21,23H,2-3,9-10,12-13H2,1H3. The van der Waals surface area contributed by atoms with Gasteiger partial charge in [-0.05, 0) is 50.5 Å². The minimum atomic E-state index is -0.652. The summed E-state index contributed by atoms with van der Waals surface area (Å²) in [7, 11) is 0. The van der Waals surface area contributed by atoms with Crippen LogP contribution in [0.1, 0.15) is 43.6 Å². The van der Waals surface area contributed by atoms with E-state index in [0.717, 1.165) is 31.6 Å². The fraction of sp³-hybridized carbons (Fsp3) is 0.474. The lowest BCUT2D eigenvalue weighted by atomic mass is 10.1. The van der Waals surface area contributed by atoms with Crippen molar-refractivity contribution in [3.63, 3.8) is 0 Å². The summed E-state index contributed by atoms with van der Waals surface area (Å²) in [6, 6.07) is 8.84. The number of halogens is 1. The van der Waals surface area contributed by atoms with Crippen LogP contribution in [-0.4, -0.2) is 24.2 Å². The van der Waals surface area contributed by atoms with Crippen LogP contribution < -0.4 is 10.2 Å². The van der Waals surface area contributed by atoms with Gasteiger partial charge >= 0.3 is 0 Å². The molecule has 2 unspecified atom stereocenters. The Balaban J connectivity index is 1.61. The van der Waals surface area contributed by atoms with Gasteiger partial charge < -0.3 is 19.7 Å². The first-order valence-electron chi connectivity index (χ1n) is 8.62. The zero-order valence-corrected chi connectivity index (χ0v) is 14.0. The second-order valence-electron chi connectivity index (χ2n) is 6.48. The third-order valence-electron chi connectivity index (χ3n) is 4.62. The number of furan rings is 1. The molecule has 24 heavy (non-hydrogen) atoms. The third-order valence-corrected chi connectivity index (χ3v) is 4.62. The predicted molar refractivity (Wildman–Crippen MR) is 92.4 cm³/mol. The molecule has 1 saturated heterocycles. The van der Waals surface area contributed by atoms with Gasteiger partial charge in [-0.15, -0.1) is 0 Å². The van der Waals surface area contributed by atoms with Crippen LogP contribution in [0.5, 0.6) is 0 Å². The van der Waals surface area contributed by atoms with Crippen molar-refractivity contribution >= 4 is 5.69 Å². The van der Waals surface area contributed by atoms with Crippen molar-refractivity contribution in [2.45, 2.75) is 44.9 Å². The van der Waals surface area contributed by atoms with Crippen molar-refractivity contribution < 1.29 is 13.9 Å². The molecule has 4 nitrogen and oxygen atoms in total. The molecule has 1 aliphatic rings. The highest BCUT2D eigenvalue weighted by Gasteiger charge is 2.19. The van der Waals surface area contributed by atoms with E-state index in [2.05, 4.69) is 10.2 Å². The lowest BCUT2D eigenvalue weighted by Crippen LogP contribution is -2.29. The molecule has 130 valence electrons. The minimum absolute atomic E-state index is 0.0381. The minimum Gasteiger partial charge on any atom is -0.467 e. The van der Waals surface area contributed by atoms with E-state index >= 15 is 0 Å². The van der Waals surface area contributed by atoms with E-state index in [1.807, 2.05) is 13.0 Å². The molecule has 3 rings (SSSR count). The second kappa shape index (κ2) is 7.81. The molecule has 5 heteroatoms. The molecule has 1 aromatic heterocycles. The molecule has 1 fully saturated rings. The monoisotopic (exact) mass is 332 g/mol. The number of aliphatic hydroxyl groups excluding tert-OH is 1. The van der Waals surface area contributed by atoms with Crippen LogP contribution >= 0.6 is 0 Å². The third kappa shape index (κ3) is 3.97. The smallest absolute Gasteiger partial charge is 0.132 e. The maximum absolute atomic E-state index is 14.3. The van der Waals surface area contributed by atoms with E-state index in [9.17, 15) is 9.50 Å². The van der Waals surface area contributed by atoms with Crippen LogP contribution in [0.2, 0.25) is 0 Å². The Labute approximate surface area is 142 Å². The van der Waals surface area contributed by atoms with Crippen molar-refractivity contribution in [3.05, 3.63) is 53.7 Å². The molecular weight excluding hydrogens is 307 g/mol. The number of anilines is 1. The normalized spacial score (nSPS) is 17.2. The van der Waals surface area contributed by atoms with Gasteiger partial charge in [-0.3, -0.25) is 0 Å². The Morgan fingerprint density at radius 1 is 1.25 bits per heavy atom. The predicted octanol–water partition coefficient (Wildman–Crippen LogP) is 3.62. The molecule has 2 heterocycles. The second-order valence-corrected chi connectivity index (χ2v) is 6.48. The first-order valence-corrected chi connectivity index (χ1v) is 8.62. The van der Waals surface area contributed by atoms with Gasteiger partial charge in [0, 0.05) is 36.9 Å². The molecule has 0 saturated carbocycles. The first-order chi connectivity index (χ1) is 11.6. The summed E-state index contributed by atoms with van der Waals surface area (Å²) in [5.41, 5.74) is 1.69. The largest absolute Gasteiger partial charge is 0.467 e. The van der Waals surface area contributed by atoms with Crippen LogP contribution in [0.25, 0.3) is 0 Å². The Bertz CT molecular complexity index is 639. The highest BCUT2D eigenvalue weighted by molar-refractivity contribution is 5.54. The molecule has 2 N–H and O–H groups in total. The van der Waals surface area contributed by atoms with Gasteiger partial charge in [-0.2, -0.15) is 0 Å². The summed E-state index contributed by atoms with van der Waals surface area (Å²) in [5, 5.41) is 13.5. The Hall–Kier alpha value is -1.85. The maximum atomic E-state index is 14.3. The summed E-state index contributed by atoms with van der Waals surface area (Å²) in [5.74, 6) is 0.387. The lowest BCUT2D eigenvalue weighted by molar-refractivity contribution is 0.128. The lowest BCUT2D eigenvalue weighted by Gasteiger charge is -2.23. The molecule has 0 aliphatic carbocycles. The average molecular weight is 332 g/mol. The number of nitrogens with one attached hydrogen (secondary N) is 1. The quantitative estimate of drug-likeness (QED) is 0.813. The summed E-state index contributed by atoms with van der Waals surface area (Å²) >= 11 is 0. The Kier molecular flexibility index (Phi) is 5.53. The van der Waals surface area contributed by atoms with Crippen LogP contribution in [0.15, 0.2) is 41.0 Å². The van der Waals surface area contributed by atoms with Crippen molar-refractivity contribution in [1.82, 2.24) is 5.32 Å². The van der Waals surface area contributed by atoms with Gasteiger partial charge in [0.15, 0.2) is 0 Å². The fourth-order valence-electron chi connectivity index (χ4n) is 3.27. The maximum Gasteiger partial charge on any atom is 0.132 e. The van der Waals surface area contributed by atoms with Crippen molar-refractivity contribution in [2.24, 2.45) is 0 Å². The topological polar surface area (TPSA) is 48.6 Å². The van der Waals surface area contributed by atoms with Crippen molar-refractivity contribution in [2.75, 3.05) is 18.0 Å². The number of benzene rings is 1. The molecule has 2 atom stereocenters. The van der Waals surface area contributed by atoms with E-state index in [1.54, 1.807) is 24.5 Å². The molecule has 0 radical (unpaired) electrons. The Morgan fingerprint density at radius 3 is 2.75 bits per heavy atom. The van der Waals surface area contributed by atoms with Crippen molar-refractivity contribution in [1.29, 1.82) is 0 Å². The van der Waals surface area contributed by atoms with Gasteiger partial charge in [0.05, 0.1) is 6.26 Å². The fourth-order valence-corrected chi connectivity index (χ4v) is 3.27. The Morgan fingerprint density at radius 2 is 2.04 bits per heavy atom. The molecule has 1 aromatic carbocycles. The van der Waals surface area contributed by atoms with Crippen LogP contribution in [0, 0.1) is 5.82 Å². The van der Waals surface area contributed by atoms with Gasteiger partial charge in [-0.1, -0.05) is 6.07 Å². The SMILES string of the molecule is CC(CC(O)c1ccco1)NCc1c(F)cccc1N1CCCC1. The summed E-state index contributed by atoms with van der Waals surface area (Å²) in [6.07, 6.45) is 3.74. The number of hydrogen-bond acceptors (Lipinski definition) is 4.